The van der Waals surface area contributed by atoms with E-state index in [0.717, 1.165) is 33.4 Å². The van der Waals surface area contributed by atoms with E-state index in [2.05, 4.69) is 15.5 Å². The van der Waals surface area contributed by atoms with Gasteiger partial charge in [0, 0.05) is 0 Å². The lowest BCUT2D eigenvalue weighted by atomic mass is 9.77. The summed E-state index contributed by atoms with van der Waals surface area (Å²) in [4.78, 5) is 27.0. The Labute approximate surface area is 436 Å². The van der Waals surface area contributed by atoms with Crippen LogP contribution in [0.3, 0.4) is 0 Å². The van der Waals surface area contributed by atoms with Gasteiger partial charge in [-0.05, 0) is 115 Å². The van der Waals surface area contributed by atoms with Crippen molar-refractivity contribution < 1.29 is 43.2 Å². The van der Waals surface area contributed by atoms with Gasteiger partial charge in [-0.15, -0.1) is 5.16 Å². The van der Waals surface area contributed by atoms with Crippen LogP contribution in [0.4, 0.5) is 10.6 Å². The van der Waals surface area contributed by atoms with Crippen LogP contribution in [-0.2, 0) is 25.4 Å². The zero-order chi connectivity index (χ0) is 52.8. The van der Waals surface area contributed by atoms with Crippen LogP contribution >= 0.6 is 0 Å². The molecule has 15 heteroatoms. The molecule has 6 aromatic carbocycles. The minimum atomic E-state index is -1.45. The Kier molecular flexibility index (Phi) is 14.7. The van der Waals surface area contributed by atoms with E-state index in [1.165, 1.54) is 12.5 Å². The Hall–Kier alpha value is -8.53. The number of aromatic nitrogens is 4. The number of imidazole rings is 1. The lowest BCUT2D eigenvalue weighted by Crippen LogP contribution is -2.47. The lowest BCUT2D eigenvalue weighted by Gasteiger charge is -2.44. The molecule has 1 saturated carbocycles. The van der Waals surface area contributed by atoms with Gasteiger partial charge in [0.05, 0.1) is 65.1 Å². The number of fused-ring (bicyclic) bond motifs is 1. The van der Waals surface area contributed by atoms with Crippen LogP contribution in [0, 0.1) is 5.41 Å². The average Bonchev–Trinajstić information content (AvgIpc) is 4.06. The van der Waals surface area contributed by atoms with Crippen LogP contribution in [0.25, 0.3) is 11.2 Å². The first-order valence-electron chi connectivity index (χ1n) is 24.4. The minimum absolute atomic E-state index is 0.157. The van der Waals surface area contributed by atoms with Crippen molar-refractivity contribution in [3.05, 3.63) is 216 Å². The highest BCUT2D eigenvalue weighted by atomic mass is 16.6. The van der Waals surface area contributed by atoms with Crippen molar-refractivity contribution in [2.75, 3.05) is 40.4 Å². The van der Waals surface area contributed by atoms with Gasteiger partial charge >= 0.3 is 6.09 Å². The second-order valence-corrected chi connectivity index (χ2v) is 19.1. The second-order valence-electron chi connectivity index (χ2n) is 19.1. The monoisotopic (exact) mass is 1010 g/mol. The summed E-state index contributed by atoms with van der Waals surface area (Å²) in [6, 6.07) is 50.4. The predicted molar refractivity (Wildman–Crippen MR) is 286 cm³/mol. The van der Waals surface area contributed by atoms with E-state index < -0.39 is 40.5 Å². The maximum atomic E-state index is 13.1. The number of oxime groups is 1. The minimum Gasteiger partial charge on any atom is -0.497 e. The van der Waals surface area contributed by atoms with Gasteiger partial charge < -0.3 is 42.9 Å². The number of ether oxygens (including phenoxy) is 7. The molecule has 0 unspecified atom stereocenters. The molecule has 0 radical (unpaired) electrons. The maximum Gasteiger partial charge on any atom is 0.413 e. The fourth-order valence-corrected chi connectivity index (χ4v) is 10.1. The molecule has 2 aromatic heterocycles. The average molecular weight is 1010 g/mol. The van der Waals surface area contributed by atoms with Gasteiger partial charge in [0.25, 0.3) is 0 Å². The van der Waals surface area contributed by atoms with Crippen LogP contribution in [0.15, 0.2) is 188 Å². The van der Waals surface area contributed by atoms with Crippen LogP contribution in [0.1, 0.15) is 66.6 Å². The van der Waals surface area contributed by atoms with E-state index in [-0.39, 0.29) is 18.8 Å². The number of rotatable bonds is 18. The molecule has 3 atom stereocenters. The number of carbonyl (C=O) groups excluding carboxylic acids is 1. The third-order valence-electron chi connectivity index (χ3n) is 13.8. The summed E-state index contributed by atoms with van der Waals surface area (Å²) >= 11 is 0. The molecule has 0 aliphatic heterocycles. The number of methoxy groups -OCH3 is 4. The topological polar surface area (TPSA) is 170 Å². The van der Waals surface area contributed by atoms with Crippen molar-refractivity contribution in [1.82, 2.24) is 19.5 Å². The Morgan fingerprint density at radius 1 is 0.667 bits per heavy atom. The summed E-state index contributed by atoms with van der Waals surface area (Å²) in [7, 11) is 6.50. The first-order chi connectivity index (χ1) is 36.3. The Bertz CT molecular complexity index is 3160. The molecule has 1 aliphatic carbocycles. The standard InChI is InChI=1S/C60H60N6O9/c1-40-51(66-39-63-53-54(61-38-62-55(53)66)65-56(67)75-57(2,3)4)35-52(74-60(42-17-13-10-14-18-42,45-23-31-49(71-7)32-24-45)46-25-33-50(72-8)34-26-46)58(40,36-64-68)37-73-59(41-15-11-9-12-16-41,43-19-27-47(69-5)28-20-43)44-21-29-48(70-6)30-22-44/h9-34,36,38-39,51-52,68H,1,35,37H2,2-8H3,(H,61,62,65,67)/b64-36+/t51-,52-,58-/m0/s1. The predicted octanol–water partition coefficient (Wildman–Crippen LogP) is 11.5. The molecule has 2 heterocycles. The van der Waals surface area contributed by atoms with Crippen LogP contribution in [0.2, 0.25) is 0 Å². The third-order valence-corrected chi connectivity index (χ3v) is 13.8. The first kappa shape index (κ1) is 51.4. The lowest BCUT2D eigenvalue weighted by molar-refractivity contribution is -0.103. The molecule has 75 heavy (non-hydrogen) atoms. The molecule has 1 aliphatic rings. The zero-order valence-electron chi connectivity index (χ0n) is 43.0. The Morgan fingerprint density at radius 2 is 1.11 bits per heavy atom. The van der Waals surface area contributed by atoms with E-state index >= 15 is 0 Å². The SMILES string of the molecule is C=C1[C@@H](n2cnc3c(NC(=O)OC(C)(C)C)ncnc32)C[C@H](OC(c2ccccc2)(c2ccc(OC)cc2)c2ccc(OC)cc2)[C@@]1(/C=N/O)COC(c1ccccc1)(c1ccc(OC)cc1)c1ccc(OC)cc1. The molecule has 8 aromatic rings. The van der Waals surface area contributed by atoms with Crippen molar-refractivity contribution in [3.8, 4) is 23.0 Å². The second kappa shape index (κ2) is 21.5. The fourth-order valence-electron chi connectivity index (χ4n) is 10.1. The molecule has 0 spiro atoms. The maximum absolute atomic E-state index is 13.1. The molecule has 9 rings (SSSR count). The van der Waals surface area contributed by atoms with E-state index in [1.54, 1.807) is 55.5 Å². The van der Waals surface area contributed by atoms with Crippen molar-refractivity contribution in [3.63, 3.8) is 0 Å². The number of amides is 1. The van der Waals surface area contributed by atoms with Gasteiger partial charge in [-0.25, -0.2) is 19.7 Å². The molecule has 0 bridgehead atoms. The Morgan fingerprint density at radius 3 is 1.55 bits per heavy atom. The summed E-state index contributed by atoms with van der Waals surface area (Å²) in [5.74, 6) is 2.79. The van der Waals surface area contributed by atoms with Crippen molar-refractivity contribution in [2.45, 2.75) is 56.1 Å². The number of nitrogens with zero attached hydrogens (tertiary/aromatic N) is 5. The fraction of sp³-hybridized carbons (Fsp3) is 0.250. The summed E-state index contributed by atoms with van der Waals surface area (Å²) in [5.41, 5.74) is 1.11. The highest BCUT2D eigenvalue weighted by Crippen LogP contribution is 2.56. The van der Waals surface area contributed by atoms with Crippen molar-refractivity contribution in [1.29, 1.82) is 0 Å². The molecular weight excluding hydrogens is 949 g/mol. The number of hydrogen-bond acceptors (Lipinski definition) is 13. The smallest absolute Gasteiger partial charge is 0.413 e. The molecular formula is C60H60N6O9. The van der Waals surface area contributed by atoms with Crippen LogP contribution in [-0.4, -0.2) is 83.8 Å². The highest BCUT2D eigenvalue weighted by Gasteiger charge is 2.57. The number of anilines is 1. The molecule has 1 fully saturated rings. The highest BCUT2D eigenvalue weighted by molar-refractivity contribution is 5.93. The number of carbonyl (C=O) groups is 1. The molecule has 0 saturated heterocycles. The van der Waals surface area contributed by atoms with E-state index in [1.807, 2.05) is 162 Å². The van der Waals surface area contributed by atoms with Gasteiger partial charge in [0.1, 0.15) is 46.1 Å². The normalized spacial score (nSPS) is 17.0. The van der Waals surface area contributed by atoms with Gasteiger partial charge in [0.2, 0.25) is 0 Å². The quantitative estimate of drug-likeness (QED) is 0.0275. The van der Waals surface area contributed by atoms with Crippen LogP contribution < -0.4 is 24.3 Å². The summed E-state index contributed by atoms with van der Waals surface area (Å²) in [6.45, 7) is 10.1. The zero-order valence-corrected chi connectivity index (χ0v) is 43.0. The molecule has 2 N–H and O–H groups in total. The summed E-state index contributed by atoms with van der Waals surface area (Å²) < 4.78 is 45.9. The van der Waals surface area contributed by atoms with Crippen molar-refractivity contribution >= 4 is 29.3 Å². The molecule has 1 amide bonds. The third kappa shape index (κ3) is 9.87. The van der Waals surface area contributed by atoms with Gasteiger partial charge in [-0.2, -0.15) is 0 Å². The number of benzene rings is 6. The molecule has 15 nitrogen and oxygen atoms in total. The van der Waals surface area contributed by atoms with E-state index in [0.29, 0.717) is 39.7 Å². The van der Waals surface area contributed by atoms with Gasteiger partial charge in [0.15, 0.2) is 17.0 Å². The van der Waals surface area contributed by atoms with Gasteiger partial charge in [-0.3, -0.25) is 5.32 Å². The van der Waals surface area contributed by atoms with E-state index in [4.69, 9.17) is 49.7 Å². The van der Waals surface area contributed by atoms with Crippen molar-refractivity contribution in [2.24, 2.45) is 10.6 Å². The van der Waals surface area contributed by atoms with Crippen LogP contribution in [0.5, 0.6) is 23.0 Å². The summed E-state index contributed by atoms with van der Waals surface area (Å²) in [6.07, 6.45) is 3.09. The Balaban J connectivity index is 1.28. The van der Waals surface area contributed by atoms with E-state index in [9.17, 15) is 10.0 Å². The number of nitrogens with one attached hydrogen (secondary N) is 1. The largest absolute Gasteiger partial charge is 0.497 e. The first-order valence-corrected chi connectivity index (χ1v) is 24.4. The summed E-state index contributed by atoms with van der Waals surface area (Å²) in [5, 5.41) is 17.8. The molecule has 384 valence electrons. The van der Waals surface area contributed by atoms with Gasteiger partial charge in [-0.1, -0.05) is 116 Å². The number of hydrogen-bond donors (Lipinski definition) is 2.